The summed E-state index contributed by atoms with van der Waals surface area (Å²) >= 11 is 0. The van der Waals surface area contributed by atoms with Crippen LogP contribution in [-0.4, -0.2) is 6.29 Å². The topological polar surface area (TPSA) is 17.1 Å². The van der Waals surface area contributed by atoms with Crippen LogP contribution >= 0.6 is 0 Å². The maximum atomic E-state index is 12.6. The van der Waals surface area contributed by atoms with Crippen molar-refractivity contribution in [1.82, 2.24) is 0 Å². The Bertz CT molecular complexity index is 298. The monoisotopic (exact) mass is 174 g/mol. The fourth-order valence-corrected chi connectivity index (χ4v) is 0.799. The minimum Gasteiger partial charge on any atom is -0.300 e. The molecule has 0 aliphatic carbocycles. The Kier molecular flexibility index (Phi) is 2.47. The zero-order valence-electron chi connectivity index (χ0n) is 5.93. The summed E-state index contributed by atoms with van der Waals surface area (Å²) in [7, 11) is 0. The number of alkyl halides is 1. The van der Waals surface area contributed by atoms with Crippen molar-refractivity contribution in [2.75, 3.05) is 0 Å². The van der Waals surface area contributed by atoms with Gasteiger partial charge in [-0.3, -0.25) is 4.79 Å². The molecule has 12 heavy (non-hydrogen) atoms. The molecule has 1 unspecified atom stereocenters. The van der Waals surface area contributed by atoms with E-state index in [0.29, 0.717) is 6.07 Å². The van der Waals surface area contributed by atoms with Crippen molar-refractivity contribution in [1.29, 1.82) is 0 Å². The van der Waals surface area contributed by atoms with Crippen molar-refractivity contribution in [3.63, 3.8) is 0 Å². The lowest BCUT2D eigenvalue weighted by Crippen LogP contribution is -1.97. The summed E-state index contributed by atoms with van der Waals surface area (Å²) in [6, 6.07) is 2.30. The number of hydrogen-bond acceptors (Lipinski definition) is 1. The van der Waals surface area contributed by atoms with Crippen molar-refractivity contribution in [2.24, 2.45) is 0 Å². The quantitative estimate of drug-likeness (QED) is 0.628. The van der Waals surface area contributed by atoms with Gasteiger partial charge in [-0.25, -0.2) is 13.2 Å². The molecule has 0 aliphatic rings. The Morgan fingerprint density at radius 3 is 2.58 bits per heavy atom. The highest BCUT2D eigenvalue weighted by Crippen LogP contribution is 2.19. The van der Waals surface area contributed by atoms with Gasteiger partial charge in [-0.15, -0.1) is 0 Å². The van der Waals surface area contributed by atoms with Crippen molar-refractivity contribution < 1.29 is 18.0 Å². The highest BCUT2D eigenvalue weighted by atomic mass is 19.1. The van der Waals surface area contributed by atoms with Crippen LogP contribution in [0.2, 0.25) is 0 Å². The summed E-state index contributed by atoms with van der Waals surface area (Å²) in [5.41, 5.74) is -0.565. The van der Waals surface area contributed by atoms with Gasteiger partial charge in [0.1, 0.15) is 11.6 Å². The molecule has 0 spiro atoms. The van der Waals surface area contributed by atoms with E-state index < -0.39 is 23.4 Å². The molecule has 1 aromatic carbocycles. The zero-order valence-corrected chi connectivity index (χ0v) is 5.93. The van der Waals surface area contributed by atoms with Crippen LogP contribution in [0.1, 0.15) is 11.7 Å². The van der Waals surface area contributed by atoms with Gasteiger partial charge in [-0.05, 0) is 18.2 Å². The predicted molar refractivity (Wildman–Crippen MR) is 36.3 cm³/mol. The van der Waals surface area contributed by atoms with Crippen LogP contribution in [0.5, 0.6) is 0 Å². The molecule has 0 aliphatic heterocycles. The van der Waals surface area contributed by atoms with E-state index in [1.54, 1.807) is 0 Å². The Hall–Kier alpha value is -1.32. The number of benzene rings is 1. The maximum Gasteiger partial charge on any atom is 0.183 e. The first kappa shape index (κ1) is 8.77. The Morgan fingerprint density at radius 1 is 1.33 bits per heavy atom. The standard InChI is InChI=1S/C8H5F3O/c9-5-1-2-7(10)6(3-5)8(11)4-12/h1-4,8H. The Balaban J connectivity index is 3.12. The molecule has 1 rings (SSSR count). The number of halogens is 3. The molecule has 0 bridgehead atoms. The number of hydrogen-bond donors (Lipinski definition) is 0. The molecule has 0 amide bonds. The van der Waals surface area contributed by atoms with Crippen molar-refractivity contribution in [2.45, 2.75) is 6.17 Å². The van der Waals surface area contributed by atoms with E-state index in [-0.39, 0.29) is 6.29 Å². The third-order valence-corrected chi connectivity index (χ3v) is 1.37. The molecule has 0 aromatic heterocycles. The van der Waals surface area contributed by atoms with Gasteiger partial charge >= 0.3 is 0 Å². The van der Waals surface area contributed by atoms with E-state index >= 15 is 0 Å². The molecule has 0 N–H and O–H groups in total. The van der Waals surface area contributed by atoms with Gasteiger partial charge in [0, 0.05) is 5.56 Å². The second-order valence-corrected chi connectivity index (χ2v) is 2.20. The predicted octanol–water partition coefficient (Wildman–Crippen LogP) is 2.17. The summed E-state index contributed by atoms with van der Waals surface area (Å²) in [5, 5.41) is 0. The van der Waals surface area contributed by atoms with Crippen LogP contribution in [0, 0.1) is 11.6 Å². The minimum absolute atomic E-state index is 0.0855. The lowest BCUT2D eigenvalue weighted by molar-refractivity contribution is -0.112. The second-order valence-electron chi connectivity index (χ2n) is 2.20. The highest BCUT2D eigenvalue weighted by molar-refractivity contribution is 5.59. The number of carbonyl (C=O) groups is 1. The fourth-order valence-electron chi connectivity index (χ4n) is 0.799. The lowest BCUT2D eigenvalue weighted by atomic mass is 10.1. The van der Waals surface area contributed by atoms with E-state index in [0.717, 1.165) is 12.1 Å². The third-order valence-electron chi connectivity index (χ3n) is 1.37. The number of carbonyl (C=O) groups excluding carboxylic acids is 1. The van der Waals surface area contributed by atoms with E-state index in [2.05, 4.69) is 0 Å². The molecular formula is C8H5F3O. The summed E-state index contributed by atoms with van der Waals surface area (Å²) in [6.07, 6.45) is -2.18. The average molecular weight is 174 g/mol. The van der Waals surface area contributed by atoms with E-state index in [1.165, 1.54) is 0 Å². The van der Waals surface area contributed by atoms with Crippen LogP contribution < -0.4 is 0 Å². The van der Waals surface area contributed by atoms with Crippen molar-refractivity contribution in [3.05, 3.63) is 35.4 Å². The molecule has 0 saturated carbocycles. The van der Waals surface area contributed by atoms with Crippen molar-refractivity contribution in [3.8, 4) is 0 Å². The van der Waals surface area contributed by atoms with E-state index in [1.807, 2.05) is 0 Å². The molecule has 0 radical (unpaired) electrons. The first-order valence-corrected chi connectivity index (χ1v) is 3.19. The molecule has 0 fully saturated rings. The molecule has 0 heterocycles. The first-order chi connectivity index (χ1) is 5.65. The second kappa shape index (κ2) is 3.38. The van der Waals surface area contributed by atoms with E-state index in [4.69, 9.17) is 0 Å². The van der Waals surface area contributed by atoms with E-state index in [9.17, 15) is 18.0 Å². The molecule has 4 heteroatoms. The molecule has 1 aromatic rings. The summed E-state index contributed by atoms with van der Waals surface area (Å²) in [5.74, 6) is -1.69. The fraction of sp³-hybridized carbons (Fsp3) is 0.125. The summed E-state index contributed by atoms with van der Waals surface area (Å²) in [6.45, 7) is 0. The van der Waals surface area contributed by atoms with Crippen molar-refractivity contribution >= 4 is 6.29 Å². The van der Waals surface area contributed by atoms with Gasteiger partial charge < -0.3 is 0 Å². The van der Waals surface area contributed by atoms with Gasteiger partial charge in [0.15, 0.2) is 12.5 Å². The van der Waals surface area contributed by atoms with Gasteiger partial charge in [-0.1, -0.05) is 0 Å². The van der Waals surface area contributed by atoms with Gasteiger partial charge in [0.2, 0.25) is 0 Å². The zero-order chi connectivity index (χ0) is 9.14. The lowest BCUT2D eigenvalue weighted by Gasteiger charge is -2.01. The smallest absolute Gasteiger partial charge is 0.183 e. The number of rotatable bonds is 2. The van der Waals surface area contributed by atoms with Crippen LogP contribution in [0.4, 0.5) is 13.2 Å². The van der Waals surface area contributed by atoms with Gasteiger partial charge in [0.25, 0.3) is 0 Å². The molecule has 0 saturated heterocycles. The SMILES string of the molecule is O=CC(F)c1cc(F)ccc1F. The van der Waals surface area contributed by atoms with Crippen LogP contribution in [0.3, 0.4) is 0 Å². The van der Waals surface area contributed by atoms with Crippen LogP contribution in [-0.2, 0) is 4.79 Å². The Labute approximate surface area is 66.8 Å². The first-order valence-electron chi connectivity index (χ1n) is 3.19. The largest absolute Gasteiger partial charge is 0.300 e. The normalized spacial score (nSPS) is 12.6. The third kappa shape index (κ3) is 1.64. The summed E-state index contributed by atoms with van der Waals surface area (Å²) < 4.78 is 37.6. The van der Waals surface area contributed by atoms with Crippen LogP contribution in [0.25, 0.3) is 0 Å². The Morgan fingerprint density at radius 2 is 2.00 bits per heavy atom. The molecule has 1 atom stereocenters. The average Bonchev–Trinajstić information content (AvgIpc) is 2.08. The molecular weight excluding hydrogens is 169 g/mol. The summed E-state index contributed by atoms with van der Waals surface area (Å²) in [4.78, 5) is 9.90. The van der Waals surface area contributed by atoms with Crippen LogP contribution in [0.15, 0.2) is 18.2 Å². The highest BCUT2D eigenvalue weighted by Gasteiger charge is 2.13. The van der Waals surface area contributed by atoms with Gasteiger partial charge in [0.05, 0.1) is 0 Å². The molecule has 1 nitrogen and oxygen atoms in total. The minimum atomic E-state index is -2.10. The maximum absolute atomic E-state index is 12.6. The van der Waals surface area contributed by atoms with Gasteiger partial charge in [-0.2, -0.15) is 0 Å². The molecule has 64 valence electrons. The number of aldehydes is 1.